The van der Waals surface area contributed by atoms with Crippen molar-refractivity contribution in [2.24, 2.45) is 5.92 Å². The molecule has 4 nitrogen and oxygen atoms in total. The lowest BCUT2D eigenvalue weighted by atomic mass is 10.1. The third kappa shape index (κ3) is 2.72. The van der Waals surface area contributed by atoms with Gasteiger partial charge < -0.3 is 10.3 Å². The van der Waals surface area contributed by atoms with Crippen molar-refractivity contribution >= 4 is 11.6 Å². The summed E-state index contributed by atoms with van der Waals surface area (Å²) < 4.78 is 12.9. The fraction of sp³-hybridized carbons (Fsp3) is 0.250. The van der Waals surface area contributed by atoms with Crippen LogP contribution >= 0.6 is 0 Å². The third-order valence-corrected chi connectivity index (χ3v) is 3.84. The number of nitrogens with one attached hydrogen (secondary N) is 2. The number of rotatable bonds is 3. The van der Waals surface area contributed by atoms with Gasteiger partial charge in [0, 0.05) is 12.1 Å². The molecule has 1 aromatic carbocycles. The van der Waals surface area contributed by atoms with E-state index in [1.54, 1.807) is 31.3 Å². The van der Waals surface area contributed by atoms with Crippen LogP contribution in [0.15, 0.2) is 41.3 Å². The number of carbonyl (C=O) groups is 1. The number of aryl methyl sites for hydroxylation is 1. The standard InChI is InChI=1S/C16H15FN2O2/c1-9-6-7-18-16(21)14(9)19-15(20)13-8-12(13)10-2-4-11(17)5-3-10/h2-7,12-13H,8H2,1H3,(H,18,21)(H,19,20)/t12-,13+/m0/s1. The summed E-state index contributed by atoms with van der Waals surface area (Å²) in [7, 11) is 0. The van der Waals surface area contributed by atoms with Crippen molar-refractivity contribution in [2.75, 3.05) is 5.32 Å². The molecule has 0 radical (unpaired) electrons. The van der Waals surface area contributed by atoms with Crippen molar-refractivity contribution in [1.29, 1.82) is 0 Å². The molecule has 1 aliphatic rings. The average Bonchev–Trinajstić information content (AvgIpc) is 3.24. The van der Waals surface area contributed by atoms with Crippen LogP contribution in [0.4, 0.5) is 10.1 Å². The van der Waals surface area contributed by atoms with Gasteiger partial charge in [0.15, 0.2) is 0 Å². The van der Waals surface area contributed by atoms with Gasteiger partial charge in [-0.3, -0.25) is 9.59 Å². The number of halogens is 1. The highest BCUT2D eigenvalue weighted by atomic mass is 19.1. The van der Waals surface area contributed by atoms with E-state index in [4.69, 9.17) is 0 Å². The zero-order valence-corrected chi connectivity index (χ0v) is 11.5. The monoisotopic (exact) mass is 286 g/mol. The average molecular weight is 286 g/mol. The summed E-state index contributed by atoms with van der Waals surface area (Å²) in [5.41, 5.74) is 1.68. The lowest BCUT2D eigenvalue weighted by Gasteiger charge is -2.06. The highest BCUT2D eigenvalue weighted by Gasteiger charge is 2.44. The van der Waals surface area contributed by atoms with Gasteiger partial charge in [-0.15, -0.1) is 0 Å². The van der Waals surface area contributed by atoms with Gasteiger partial charge in [-0.1, -0.05) is 12.1 Å². The van der Waals surface area contributed by atoms with Crippen molar-refractivity contribution in [1.82, 2.24) is 4.98 Å². The number of aromatic nitrogens is 1. The first kappa shape index (κ1) is 13.5. The maximum absolute atomic E-state index is 12.9. The largest absolute Gasteiger partial charge is 0.327 e. The Kier molecular flexibility index (Phi) is 3.33. The van der Waals surface area contributed by atoms with Crippen molar-refractivity contribution in [3.05, 3.63) is 63.8 Å². The molecule has 1 aromatic heterocycles. The van der Waals surface area contributed by atoms with E-state index in [1.807, 2.05) is 0 Å². The molecule has 5 heteroatoms. The molecule has 3 rings (SSSR count). The van der Waals surface area contributed by atoms with Crippen LogP contribution in [-0.4, -0.2) is 10.9 Å². The number of benzene rings is 1. The maximum atomic E-state index is 12.9. The Morgan fingerprint density at radius 1 is 1.29 bits per heavy atom. The summed E-state index contributed by atoms with van der Waals surface area (Å²) in [5.74, 6) is -0.501. The normalized spacial score (nSPS) is 20.1. The molecule has 2 N–H and O–H groups in total. The fourth-order valence-electron chi connectivity index (χ4n) is 2.51. The first-order valence-electron chi connectivity index (χ1n) is 6.81. The number of hydrogen-bond acceptors (Lipinski definition) is 2. The molecule has 0 unspecified atom stereocenters. The van der Waals surface area contributed by atoms with Crippen LogP contribution in [0, 0.1) is 18.7 Å². The van der Waals surface area contributed by atoms with E-state index >= 15 is 0 Å². The Balaban J connectivity index is 1.71. The van der Waals surface area contributed by atoms with Gasteiger partial charge >= 0.3 is 0 Å². The number of hydrogen-bond donors (Lipinski definition) is 2. The van der Waals surface area contributed by atoms with Gasteiger partial charge in [-0.25, -0.2) is 4.39 Å². The second kappa shape index (κ2) is 5.16. The number of amides is 1. The summed E-state index contributed by atoms with van der Waals surface area (Å²) in [6.45, 7) is 1.77. The second-order valence-electron chi connectivity index (χ2n) is 5.35. The lowest BCUT2D eigenvalue weighted by molar-refractivity contribution is -0.117. The van der Waals surface area contributed by atoms with E-state index in [9.17, 15) is 14.0 Å². The molecule has 1 fully saturated rings. The number of anilines is 1. The summed E-state index contributed by atoms with van der Waals surface area (Å²) in [5, 5.41) is 2.69. The molecule has 1 aliphatic carbocycles. The molecule has 21 heavy (non-hydrogen) atoms. The quantitative estimate of drug-likeness (QED) is 0.911. The summed E-state index contributed by atoms with van der Waals surface area (Å²) in [4.78, 5) is 26.4. The molecule has 0 saturated heterocycles. The second-order valence-corrected chi connectivity index (χ2v) is 5.35. The van der Waals surface area contributed by atoms with Gasteiger partial charge in [0.25, 0.3) is 5.56 Å². The Bertz CT molecular complexity index is 737. The van der Waals surface area contributed by atoms with Crippen molar-refractivity contribution in [3.63, 3.8) is 0 Å². The molecule has 0 spiro atoms. The van der Waals surface area contributed by atoms with E-state index in [1.165, 1.54) is 12.1 Å². The molecular formula is C16H15FN2O2. The molecule has 108 valence electrons. The van der Waals surface area contributed by atoms with Crippen LogP contribution in [0.1, 0.15) is 23.5 Å². The number of H-pyrrole nitrogens is 1. The van der Waals surface area contributed by atoms with Gasteiger partial charge in [0.05, 0.1) is 0 Å². The highest BCUT2D eigenvalue weighted by Crippen LogP contribution is 2.47. The fourth-order valence-corrected chi connectivity index (χ4v) is 2.51. The number of pyridine rings is 1. The van der Waals surface area contributed by atoms with Crippen LogP contribution in [0.3, 0.4) is 0 Å². The first-order valence-corrected chi connectivity index (χ1v) is 6.81. The predicted octanol–water partition coefficient (Wildman–Crippen LogP) is 2.56. The lowest BCUT2D eigenvalue weighted by Crippen LogP contribution is -2.22. The van der Waals surface area contributed by atoms with E-state index in [0.717, 1.165) is 17.5 Å². The zero-order chi connectivity index (χ0) is 15.0. The Morgan fingerprint density at radius 2 is 2.00 bits per heavy atom. The first-order chi connectivity index (χ1) is 10.1. The minimum atomic E-state index is -0.303. The molecule has 2 aromatic rings. The third-order valence-electron chi connectivity index (χ3n) is 3.84. The number of aromatic amines is 1. The van der Waals surface area contributed by atoms with E-state index < -0.39 is 0 Å². The predicted molar refractivity (Wildman–Crippen MR) is 77.7 cm³/mol. The molecule has 0 aliphatic heterocycles. The molecule has 0 bridgehead atoms. The molecule has 2 atom stereocenters. The highest BCUT2D eigenvalue weighted by molar-refractivity contribution is 5.95. The van der Waals surface area contributed by atoms with E-state index in [-0.39, 0.29) is 29.1 Å². The van der Waals surface area contributed by atoms with Gasteiger partial charge in [-0.2, -0.15) is 0 Å². The van der Waals surface area contributed by atoms with Gasteiger partial charge in [0.1, 0.15) is 11.5 Å². The Morgan fingerprint density at radius 3 is 2.67 bits per heavy atom. The van der Waals surface area contributed by atoms with E-state index in [2.05, 4.69) is 10.3 Å². The topological polar surface area (TPSA) is 62.0 Å². The minimum absolute atomic E-state index is 0.105. The Hall–Kier alpha value is -2.43. The van der Waals surface area contributed by atoms with Gasteiger partial charge in [-0.05, 0) is 48.6 Å². The smallest absolute Gasteiger partial charge is 0.271 e. The molecular weight excluding hydrogens is 271 g/mol. The minimum Gasteiger partial charge on any atom is -0.327 e. The Labute approximate surface area is 121 Å². The SMILES string of the molecule is Cc1cc[nH]c(=O)c1NC(=O)[C@@H]1C[C@H]1c1ccc(F)cc1. The van der Waals surface area contributed by atoms with Crippen LogP contribution < -0.4 is 10.9 Å². The maximum Gasteiger partial charge on any atom is 0.271 e. The zero-order valence-electron chi connectivity index (χ0n) is 11.5. The van der Waals surface area contributed by atoms with Crippen molar-refractivity contribution in [3.8, 4) is 0 Å². The number of carbonyl (C=O) groups excluding carboxylic acids is 1. The van der Waals surface area contributed by atoms with Crippen LogP contribution in [0.25, 0.3) is 0 Å². The van der Waals surface area contributed by atoms with Gasteiger partial charge in [0.2, 0.25) is 5.91 Å². The molecule has 1 heterocycles. The van der Waals surface area contributed by atoms with Crippen molar-refractivity contribution < 1.29 is 9.18 Å². The van der Waals surface area contributed by atoms with E-state index in [0.29, 0.717) is 5.69 Å². The molecule has 1 amide bonds. The van der Waals surface area contributed by atoms with Crippen molar-refractivity contribution in [2.45, 2.75) is 19.3 Å². The summed E-state index contributed by atoms with van der Waals surface area (Å²) >= 11 is 0. The molecule has 1 saturated carbocycles. The van der Waals surface area contributed by atoms with Crippen LogP contribution in [0.2, 0.25) is 0 Å². The summed E-state index contributed by atoms with van der Waals surface area (Å²) in [6.07, 6.45) is 2.27. The van der Waals surface area contributed by atoms with Crippen LogP contribution in [-0.2, 0) is 4.79 Å². The van der Waals surface area contributed by atoms with Crippen LogP contribution in [0.5, 0.6) is 0 Å². The summed E-state index contributed by atoms with van der Waals surface area (Å²) in [6, 6.07) is 7.94.